The van der Waals surface area contributed by atoms with Crippen LogP contribution < -0.4 is 5.32 Å². The number of nitrogens with one attached hydrogen (secondary N) is 1. The molecule has 1 fully saturated rings. The molecule has 2 heterocycles. The monoisotopic (exact) mass is 269 g/mol. The fourth-order valence-electron chi connectivity index (χ4n) is 1.84. The van der Waals surface area contributed by atoms with Crippen LogP contribution in [0.2, 0.25) is 5.15 Å². The highest BCUT2D eigenvalue weighted by Crippen LogP contribution is 2.20. The summed E-state index contributed by atoms with van der Waals surface area (Å²) in [4.78, 5) is 28.3. The molecule has 7 heteroatoms. The van der Waals surface area contributed by atoms with Gasteiger partial charge in [-0.3, -0.25) is 4.79 Å². The molecule has 1 unspecified atom stereocenters. The average Bonchev–Trinajstić information content (AvgIpc) is 2.61. The number of halogens is 1. The summed E-state index contributed by atoms with van der Waals surface area (Å²) >= 11 is 5.73. The van der Waals surface area contributed by atoms with Gasteiger partial charge in [-0.15, -0.1) is 0 Å². The van der Waals surface area contributed by atoms with Gasteiger partial charge < -0.3 is 15.3 Å². The quantitative estimate of drug-likeness (QED) is 0.802. The third-order valence-corrected chi connectivity index (χ3v) is 3.04. The summed E-state index contributed by atoms with van der Waals surface area (Å²) in [5.74, 6) is -1.06. The van der Waals surface area contributed by atoms with Gasteiger partial charge in [-0.2, -0.15) is 0 Å². The number of likely N-dealkylation sites (N-methyl/N-ethyl adjacent to an activating group) is 1. The van der Waals surface area contributed by atoms with Crippen LogP contribution in [0.5, 0.6) is 0 Å². The number of pyridine rings is 1. The van der Waals surface area contributed by atoms with E-state index in [1.807, 2.05) is 0 Å². The fourth-order valence-corrected chi connectivity index (χ4v) is 1.99. The number of aromatic nitrogens is 1. The van der Waals surface area contributed by atoms with Crippen LogP contribution in [-0.2, 0) is 4.79 Å². The van der Waals surface area contributed by atoms with Gasteiger partial charge in [0.25, 0.3) is 0 Å². The lowest BCUT2D eigenvalue weighted by Gasteiger charge is -2.14. The van der Waals surface area contributed by atoms with Crippen molar-refractivity contribution >= 4 is 29.3 Å². The van der Waals surface area contributed by atoms with Gasteiger partial charge in [-0.25, -0.2) is 9.78 Å². The number of carbonyl (C=O) groups is 2. The van der Waals surface area contributed by atoms with Crippen LogP contribution in [0, 0.1) is 0 Å². The molecule has 18 heavy (non-hydrogen) atoms. The minimum Gasteiger partial charge on any atom is -0.478 e. The second-order valence-electron chi connectivity index (χ2n) is 4.08. The highest BCUT2D eigenvalue weighted by molar-refractivity contribution is 6.29. The first-order valence-electron chi connectivity index (χ1n) is 5.40. The summed E-state index contributed by atoms with van der Waals surface area (Å²) in [5.41, 5.74) is 0.00162. The zero-order valence-electron chi connectivity index (χ0n) is 9.68. The van der Waals surface area contributed by atoms with Crippen molar-refractivity contribution in [3.05, 3.63) is 22.8 Å². The van der Waals surface area contributed by atoms with Crippen LogP contribution in [0.1, 0.15) is 16.8 Å². The SMILES string of the molecule is CN1CCC(Nc2nc(Cl)ccc2C(=O)O)C1=O. The van der Waals surface area contributed by atoms with Crippen LogP contribution >= 0.6 is 11.6 Å². The maximum absolute atomic E-state index is 11.7. The minimum absolute atomic E-state index is 0.00162. The van der Waals surface area contributed by atoms with E-state index in [1.165, 1.54) is 12.1 Å². The van der Waals surface area contributed by atoms with Gasteiger partial charge in [0.2, 0.25) is 5.91 Å². The topological polar surface area (TPSA) is 82.5 Å². The molecule has 1 aliphatic rings. The van der Waals surface area contributed by atoms with Crippen molar-refractivity contribution in [3.8, 4) is 0 Å². The Morgan fingerprint density at radius 2 is 2.33 bits per heavy atom. The van der Waals surface area contributed by atoms with Crippen molar-refractivity contribution in [2.24, 2.45) is 0 Å². The van der Waals surface area contributed by atoms with Crippen molar-refractivity contribution in [1.82, 2.24) is 9.88 Å². The Kier molecular flexibility index (Phi) is 3.38. The Bertz CT molecular complexity index is 506. The number of carboxylic acid groups (broad SMARTS) is 1. The Morgan fingerprint density at radius 3 is 2.89 bits per heavy atom. The van der Waals surface area contributed by atoms with Crippen LogP contribution in [-0.4, -0.2) is 46.5 Å². The second-order valence-corrected chi connectivity index (χ2v) is 4.47. The first-order chi connectivity index (χ1) is 8.49. The fraction of sp³-hybridized carbons (Fsp3) is 0.364. The summed E-state index contributed by atoms with van der Waals surface area (Å²) in [5, 5.41) is 12.1. The maximum Gasteiger partial charge on any atom is 0.339 e. The summed E-state index contributed by atoms with van der Waals surface area (Å²) < 4.78 is 0. The number of aromatic carboxylic acids is 1. The Balaban J connectivity index is 2.25. The summed E-state index contributed by atoms with van der Waals surface area (Å²) in [6, 6.07) is 2.32. The number of nitrogens with zero attached hydrogens (tertiary/aromatic N) is 2. The van der Waals surface area contributed by atoms with Crippen LogP contribution in [0.4, 0.5) is 5.82 Å². The summed E-state index contributed by atoms with van der Waals surface area (Å²) in [6.07, 6.45) is 0.614. The standard InChI is InChI=1S/C11H12ClN3O3/c1-15-5-4-7(10(15)16)13-9-6(11(17)18)2-3-8(12)14-9/h2-3,7H,4-5H2,1H3,(H,13,14)(H,17,18). The van der Waals surface area contributed by atoms with E-state index in [1.54, 1.807) is 11.9 Å². The zero-order chi connectivity index (χ0) is 13.3. The van der Waals surface area contributed by atoms with Crippen molar-refractivity contribution < 1.29 is 14.7 Å². The molecule has 2 N–H and O–H groups in total. The lowest BCUT2D eigenvalue weighted by molar-refractivity contribution is -0.127. The third-order valence-electron chi connectivity index (χ3n) is 2.83. The number of amides is 1. The largest absolute Gasteiger partial charge is 0.478 e. The molecule has 1 amide bonds. The van der Waals surface area contributed by atoms with E-state index >= 15 is 0 Å². The lowest BCUT2D eigenvalue weighted by atomic mass is 10.2. The number of hydrogen-bond donors (Lipinski definition) is 2. The van der Waals surface area contributed by atoms with Gasteiger partial charge in [0, 0.05) is 13.6 Å². The number of carboxylic acids is 1. The molecule has 6 nitrogen and oxygen atoms in total. The molecule has 0 radical (unpaired) electrons. The molecule has 1 atom stereocenters. The molecule has 1 saturated heterocycles. The molecular weight excluding hydrogens is 258 g/mol. The molecular formula is C11H12ClN3O3. The average molecular weight is 270 g/mol. The first kappa shape index (κ1) is 12.6. The molecule has 0 spiro atoms. The van der Waals surface area contributed by atoms with Gasteiger partial charge in [0.1, 0.15) is 22.6 Å². The van der Waals surface area contributed by atoms with Gasteiger partial charge in [0.15, 0.2) is 0 Å². The van der Waals surface area contributed by atoms with Crippen molar-refractivity contribution in [3.63, 3.8) is 0 Å². The molecule has 1 aliphatic heterocycles. The highest BCUT2D eigenvalue weighted by Gasteiger charge is 2.30. The van der Waals surface area contributed by atoms with E-state index in [9.17, 15) is 9.59 Å². The number of hydrogen-bond acceptors (Lipinski definition) is 4. The van der Waals surface area contributed by atoms with Crippen LogP contribution in [0.3, 0.4) is 0 Å². The highest BCUT2D eigenvalue weighted by atomic mass is 35.5. The Hall–Kier alpha value is -1.82. The summed E-state index contributed by atoms with van der Waals surface area (Å²) in [6.45, 7) is 0.638. The number of likely N-dealkylation sites (tertiary alicyclic amines) is 1. The minimum atomic E-state index is -1.11. The number of rotatable bonds is 3. The third kappa shape index (κ3) is 2.38. The molecule has 0 saturated carbocycles. The number of carbonyl (C=O) groups excluding carboxylic acids is 1. The Labute approximate surface area is 109 Å². The van der Waals surface area contributed by atoms with Gasteiger partial charge in [-0.05, 0) is 18.6 Å². The molecule has 1 aromatic heterocycles. The van der Waals surface area contributed by atoms with E-state index in [4.69, 9.17) is 16.7 Å². The number of anilines is 1. The van der Waals surface area contributed by atoms with E-state index in [0.717, 1.165) is 0 Å². The first-order valence-corrected chi connectivity index (χ1v) is 5.78. The zero-order valence-corrected chi connectivity index (χ0v) is 10.4. The van der Waals surface area contributed by atoms with E-state index in [0.29, 0.717) is 13.0 Å². The molecule has 2 rings (SSSR count). The van der Waals surface area contributed by atoms with Gasteiger partial charge >= 0.3 is 5.97 Å². The molecule has 0 bridgehead atoms. The lowest BCUT2D eigenvalue weighted by Crippen LogP contribution is -2.31. The van der Waals surface area contributed by atoms with Crippen molar-refractivity contribution in [2.45, 2.75) is 12.5 Å². The predicted octanol–water partition coefficient (Wildman–Crippen LogP) is 1.08. The van der Waals surface area contributed by atoms with Crippen LogP contribution in [0.25, 0.3) is 0 Å². The van der Waals surface area contributed by atoms with E-state index < -0.39 is 12.0 Å². The molecule has 1 aromatic rings. The van der Waals surface area contributed by atoms with E-state index in [2.05, 4.69) is 10.3 Å². The predicted molar refractivity (Wildman–Crippen MR) is 65.9 cm³/mol. The smallest absolute Gasteiger partial charge is 0.339 e. The summed E-state index contributed by atoms with van der Waals surface area (Å²) in [7, 11) is 1.70. The van der Waals surface area contributed by atoms with Gasteiger partial charge in [0.05, 0.1) is 0 Å². The molecule has 0 aromatic carbocycles. The van der Waals surface area contributed by atoms with Crippen LogP contribution in [0.15, 0.2) is 12.1 Å². The van der Waals surface area contributed by atoms with E-state index in [-0.39, 0.29) is 22.4 Å². The maximum atomic E-state index is 11.7. The Morgan fingerprint density at radius 1 is 1.61 bits per heavy atom. The normalized spacial score (nSPS) is 19.1. The van der Waals surface area contributed by atoms with Crippen molar-refractivity contribution in [2.75, 3.05) is 18.9 Å². The van der Waals surface area contributed by atoms with Crippen molar-refractivity contribution in [1.29, 1.82) is 0 Å². The molecule has 96 valence electrons. The molecule has 0 aliphatic carbocycles. The second kappa shape index (κ2) is 4.81. The van der Waals surface area contributed by atoms with Gasteiger partial charge in [-0.1, -0.05) is 11.6 Å².